The third kappa shape index (κ3) is 3.40. The molecule has 1 atom stereocenters. The number of hydrogen-bond acceptors (Lipinski definition) is 2. The fourth-order valence-electron chi connectivity index (χ4n) is 1.93. The number of hydrogen-bond donors (Lipinski definition) is 1. The lowest BCUT2D eigenvalue weighted by molar-refractivity contribution is 0.177. The van der Waals surface area contributed by atoms with Crippen molar-refractivity contribution in [3.63, 3.8) is 0 Å². The Morgan fingerprint density at radius 1 is 1.25 bits per heavy atom. The van der Waals surface area contributed by atoms with Crippen LogP contribution in [0.2, 0.25) is 0 Å². The summed E-state index contributed by atoms with van der Waals surface area (Å²) in [4.78, 5) is 0. The molecule has 0 saturated carbocycles. The van der Waals surface area contributed by atoms with Gasteiger partial charge >= 0.3 is 0 Å². The molecule has 0 saturated heterocycles. The first-order chi connectivity index (χ1) is 9.52. The van der Waals surface area contributed by atoms with E-state index in [4.69, 9.17) is 4.74 Å². The highest BCUT2D eigenvalue weighted by Crippen LogP contribution is 2.31. The summed E-state index contributed by atoms with van der Waals surface area (Å²) >= 11 is 6.61. The molecule has 0 fully saturated rings. The van der Waals surface area contributed by atoms with Crippen LogP contribution in [-0.4, -0.2) is 12.2 Å². The van der Waals surface area contributed by atoms with Crippen molar-refractivity contribution in [3.8, 4) is 5.75 Å². The van der Waals surface area contributed by atoms with E-state index < -0.39 is 6.10 Å². The third-order valence-corrected chi connectivity index (χ3v) is 4.62. The molecule has 0 heterocycles. The zero-order valence-electron chi connectivity index (χ0n) is 10.7. The van der Waals surface area contributed by atoms with Crippen molar-refractivity contribution in [3.05, 3.63) is 62.3 Å². The van der Waals surface area contributed by atoms with Crippen LogP contribution in [0.15, 0.2) is 45.3 Å². The molecule has 0 aliphatic carbocycles. The van der Waals surface area contributed by atoms with Gasteiger partial charge in [-0.1, -0.05) is 28.1 Å². The van der Waals surface area contributed by atoms with Gasteiger partial charge < -0.3 is 9.84 Å². The minimum atomic E-state index is -0.802. The van der Waals surface area contributed by atoms with Gasteiger partial charge in [-0.3, -0.25) is 0 Å². The SMILES string of the molecule is COc1ccc(Br)c(CC(O)c2cccc(F)c2Br)c1. The van der Waals surface area contributed by atoms with Crippen molar-refractivity contribution < 1.29 is 14.2 Å². The molecule has 0 spiro atoms. The summed E-state index contributed by atoms with van der Waals surface area (Å²) in [6.45, 7) is 0. The summed E-state index contributed by atoms with van der Waals surface area (Å²) in [5.41, 5.74) is 1.42. The van der Waals surface area contributed by atoms with Gasteiger partial charge in [0.05, 0.1) is 17.7 Å². The lowest BCUT2D eigenvalue weighted by Gasteiger charge is -2.15. The predicted octanol–water partition coefficient (Wildman–Crippen LogP) is 4.64. The van der Waals surface area contributed by atoms with E-state index in [2.05, 4.69) is 31.9 Å². The molecule has 0 aliphatic heterocycles. The molecule has 2 aromatic rings. The molecule has 0 radical (unpaired) electrons. The van der Waals surface area contributed by atoms with Crippen molar-refractivity contribution in [1.29, 1.82) is 0 Å². The molecule has 106 valence electrons. The number of methoxy groups -OCH3 is 1. The van der Waals surface area contributed by atoms with Crippen molar-refractivity contribution in [2.24, 2.45) is 0 Å². The summed E-state index contributed by atoms with van der Waals surface area (Å²) in [5.74, 6) is 0.333. The molecule has 0 aliphatic rings. The van der Waals surface area contributed by atoms with Crippen molar-refractivity contribution >= 4 is 31.9 Å². The number of aliphatic hydroxyl groups is 1. The van der Waals surface area contributed by atoms with E-state index in [0.29, 0.717) is 22.2 Å². The normalized spacial score (nSPS) is 12.2. The van der Waals surface area contributed by atoms with Gasteiger partial charge in [0.2, 0.25) is 0 Å². The Morgan fingerprint density at radius 2 is 2.00 bits per heavy atom. The number of aliphatic hydroxyl groups excluding tert-OH is 1. The van der Waals surface area contributed by atoms with E-state index in [0.717, 1.165) is 10.0 Å². The molecule has 0 aromatic heterocycles. The maximum atomic E-state index is 13.5. The monoisotopic (exact) mass is 402 g/mol. The zero-order valence-corrected chi connectivity index (χ0v) is 13.9. The molecule has 5 heteroatoms. The van der Waals surface area contributed by atoms with Crippen molar-refractivity contribution in [2.45, 2.75) is 12.5 Å². The van der Waals surface area contributed by atoms with Crippen LogP contribution < -0.4 is 4.74 Å². The standard InChI is InChI=1S/C15H13Br2FO2/c1-20-10-5-6-12(16)9(7-10)8-14(19)11-3-2-4-13(18)15(11)17/h2-7,14,19H,8H2,1H3. The second kappa shape index (κ2) is 6.70. The average Bonchev–Trinajstić information content (AvgIpc) is 2.44. The van der Waals surface area contributed by atoms with Crippen LogP contribution in [0, 0.1) is 5.82 Å². The quantitative estimate of drug-likeness (QED) is 0.805. The zero-order chi connectivity index (χ0) is 14.7. The lowest BCUT2D eigenvalue weighted by atomic mass is 10.0. The van der Waals surface area contributed by atoms with Crippen LogP contribution in [0.4, 0.5) is 4.39 Å². The van der Waals surface area contributed by atoms with Crippen LogP contribution in [0.1, 0.15) is 17.2 Å². The highest BCUT2D eigenvalue weighted by atomic mass is 79.9. The van der Waals surface area contributed by atoms with E-state index in [1.807, 2.05) is 18.2 Å². The molecule has 1 unspecified atom stereocenters. The number of rotatable bonds is 4. The smallest absolute Gasteiger partial charge is 0.137 e. The van der Waals surface area contributed by atoms with E-state index in [1.54, 1.807) is 19.2 Å². The first-order valence-corrected chi connectivity index (χ1v) is 7.56. The van der Waals surface area contributed by atoms with Crippen molar-refractivity contribution in [1.82, 2.24) is 0 Å². The highest BCUT2D eigenvalue weighted by molar-refractivity contribution is 9.10. The maximum Gasteiger partial charge on any atom is 0.137 e. The first-order valence-electron chi connectivity index (χ1n) is 5.97. The van der Waals surface area contributed by atoms with Gasteiger partial charge in [0.1, 0.15) is 11.6 Å². The minimum Gasteiger partial charge on any atom is -0.497 e. The predicted molar refractivity (Wildman–Crippen MR) is 83.5 cm³/mol. The fraction of sp³-hybridized carbons (Fsp3) is 0.200. The second-order valence-electron chi connectivity index (χ2n) is 4.32. The number of halogens is 3. The van der Waals surface area contributed by atoms with Crippen LogP contribution in [0.5, 0.6) is 5.75 Å². The van der Waals surface area contributed by atoms with Gasteiger partial charge in [0.25, 0.3) is 0 Å². The van der Waals surface area contributed by atoms with Gasteiger partial charge in [0.15, 0.2) is 0 Å². The van der Waals surface area contributed by atoms with E-state index in [9.17, 15) is 9.50 Å². The second-order valence-corrected chi connectivity index (χ2v) is 5.97. The van der Waals surface area contributed by atoms with E-state index in [-0.39, 0.29) is 5.82 Å². The Labute approximate surface area is 133 Å². The lowest BCUT2D eigenvalue weighted by Crippen LogP contribution is -2.04. The molecular weight excluding hydrogens is 391 g/mol. The molecular formula is C15H13Br2FO2. The van der Waals surface area contributed by atoms with Crippen LogP contribution in [0.3, 0.4) is 0 Å². The van der Waals surface area contributed by atoms with Gasteiger partial charge in [-0.25, -0.2) is 4.39 Å². The number of ether oxygens (including phenoxy) is 1. The molecule has 2 aromatic carbocycles. The largest absolute Gasteiger partial charge is 0.497 e. The third-order valence-electron chi connectivity index (χ3n) is 3.01. The van der Waals surface area contributed by atoms with E-state index in [1.165, 1.54) is 6.07 Å². The van der Waals surface area contributed by atoms with Gasteiger partial charge in [-0.05, 0) is 51.3 Å². The Balaban J connectivity index is 2.27. The molecule has 2 nitrogen and oxygen atoms in total. The van der Waals surface area contributed by atoms with Gasteiger partial charge in [-0.15, -0.1) is 0 Å². The first kappa shape index (κ1) is 15.5. The van der Waals surface area contributed by atoms with Gasteiger partial charge in [0, 0.05) is 10.9 Å². The minimum absolute atomic E-state index is 0.298. The average molecular weight is 404 g/mol. The summed E-state index contributed by atoms with van der Waals surface area (Å²) < 4.78 is 19.8. The molecule has 20 heavy (non-hydrogen) atoms. The number of benzene rings is 2. The summed E-state index contributed by atoms with van der Waals surface area (Å²) in [5, 5.41) is 10.3. The highest BCUT2D eigenvalue weighted by Gasteiger charge is 2.16. The van der Waals surface area contributed by atoms with Crippen LogP contribution in [0.25, 0.3) is 0 Å². The summed E-state index contributed by atoms with van der Waals surface area (Å²) in [6.07, 6.45) is -0.441. The molecule has 0 bridgehead atoms. The van der Waals surface area contributed by atoms with Crippen molar-refractivity contribution in [2.75, 3.05) is 7.11 Å². The van der Waals surface area contributed by atoms with Crippen LogP contribution >= 0.6 is 31.9 Å². The maximum absolute atomic E-state index is 13.5. The topological polar surface area (TPSA) is 29.5 Å². The van der Waals surface area contributed by atoms with Crippen LogP contribution in [-0.2, 0) is 6.42 Å². The fourth-order valence-corrected chi connectivity index (χ4v) is 2.87. The molecule has 1 N–H and O–H groups in total. The van der Waals surface area contributed by atoms with E-state index >= 15 is 0 Å². The Morgan fingerprint density at radius 3 is 2.70 bits per heavy atom. The molecule has 0 amide bonds. The Hall–Kier alpha value is -0.910. The Bertz CT molecular complexity index is 617. The van der Waals surface area contributed by atoms with Gasteiger partial charge in [-0.2, -0.15) is 0 Å². The summed E-state index contributed by atoms with van der Waals surface area (Å²) in [7, 11) is 1.59. The summed E-state index contributed by atoms with van der Waals surface area (Å²) in [6, 6.07) is 10.2. The molecule has 2 rings (SSSR count). The Kier molecular flexibility index (Phi) is 5.18.